The van der Waals surface area contributed by atoms with Crippen molar-refractivity contribution in [3.05, 3.63) is 72.3 Å². The van der Waals surface area contributed by atoms with Crippen molar-refractivity contribution in [2.24, 2.45) is 0 Å². The fourth-order valence-corrected chi connectivity index (χ4v) is 2.83. The molecule has 110 valence electrons. The number of hydrogen-bond donors (Lipinski definition) is 0. The van der Waals surface area contributed by atoms with Crippen molar-refractivity contribution >= 4 is 11.3 Å². The summed E-state index contributed by atoms with van der Waals surface area (Å²) in [5.41, 5.74) is 4.69. The standard InChI is InChI=1S/C20H25N/c1-15(2)21(16(3)4)20-13-11-19(12-14-20)17(5)18-9-7-6-8-10-18/h6-16H,5H2,1-4H3. The Bertz CT molecular complexity index is 571. The molecule has 0 atom stereocenters. The van der Waals surface area contributed by atoms with Gasteiger partial charge in [-0.25, -0.2) is 0 Å². The van der Waals surface area contributed by atoms with Gasteiger partial charge in [-0.2, -0.15) is 0 Å². The molecule has 2 rings (SSSR count). The fourth-order valence-electron chi connectivity index (χ4n) is 2.83. The summed E-state index contributed by atoms with van der Waals surface area (Å²) >= 11 is 0. The van der Waals surface area contributed by atoms with Crippen molar-refractivity contribution in [3.63, 3.8) is 0 Å². The highest BCUT2D eigenvalue weighted by Gasteiger charge is 2.14. The van der Waals surface area contributed by atoms with E-state index in [0.29, 0.717) is 12.1 Å². The Balaban J connectivity index is 2.25. The third-order valence-corrected chi connectivity index (χ3v) is 3.75. The molecule has 0 aliphatic carbocycles. The largest absolute Gasteiger partial charge is 0.367 e. The molecule has 0 N–H and O–H groups in total. The van der Waals surface area contributed by atoms with Crippen molar-refractivity contribution < 1.29 is 0 Å². The first-order valence-corrected chi connectivity index (χ1v) is 7.64. The molecule has 0 bridgehead atoms. The van der Waals surface area contributed by atoms with Crippen LogP contribution in [0.25, 0.3) is 5.57 Å². The molecule has 21 heavy (non-hydrogen) atoms. The molecule has 0 saturated heterocycles. The average molecular weight is 279 g/mol. The lowest BCUT2D eigenvalue weighted by molar-refractivity contribution is 0.608. The van der Waals surface area contributed by atoms with Gasteiger partial charge in [-0.1, -0.05) is 49.0 Å². The van der Waals surface area contributed by atoms with E-state index in [1.54, 1.807) is 0 Å². The van der Waals surface area contributed by atoms with Crippen LogP contribution >= 0.6 is 0 Å². The quantitative estimate of drug-likeness (QED) is 0.711. The Morgan fingerprint density at radius 2 is 1.24 bits per heavy atom. The minimum absolute atomic E-state index is 0.494. The number of hydrogen-bond acceptors (Lipinski definition) is 1. The molecule has 0 aliphatic heterocycles. The fraction of sp³-hybridized carbons (Fsp3) is 0.300. The zero-order chi connectivity index (χ0) is 15.4. The second kappa shape index (κ2) is 6.62. The molecule has 0 heterocycles. The first-order chi connectivity index (χ1) is 10.0. The van der Waals surface area contributed by atoms with Gasteiger partial charge >= 0.3 is 0 Å². The predicted molar refractivity (Wildman–Crippen MR) is 93.8 cm³/mol. The molecular weight excluding hydrogens is 254 g/mol. The van der Waals surface area contributed by atoms with Crippen LogP contribution in [0.4, 0.5) is 5.69 Å². The van der Waals surface area contributed by atoms with Gasteiger partial charge in [-0.15, -0.1) is 0 Å². The Morgan fingerprint density at radius 1 is 0.762 bits per heavy atom. The zero-order valence-electron chi connectivity index (χ0n) is 13.5. The molecule has 0 aliphatic rings. The molecular formula is C20H25N. The molecule has 0 spiro atoms. The van der Waals surface area contributed by atoms with E-state index in [1.165, 1.54) is 16.8 Å². The first kappa shape index (κ1) is 15.4. The van der Waals surface area contributed by atoms with Crippen LogP contribution in [0.2, 0.25) is 0 Å². The van der Waals surface area contributed by atoms with Gasteiger partial charge in [0, 0.05) is 17.8 Å². The van der Waals surface area contributed by atoms with E-state index in [1.807, 2.05) is 18.2 Å². The van der Waals surface area contributed by atoms with E-state index in [2.05, 4.69) is 75.6 Å². The number of nitrogens with zero attached hydrogens (tertiary/aromatic N) is 1. The highest BCUT2D eigenvalue weighted by atomic mass is 15.2. The summed E-state index contributed by atoms with van der Waals surface area (Å²) in [4.78, 5) is 2.43. The van der Waals surface area contributed by atoms with Crippen LogP contribution in [-0.4, -0.2) is 12.1 Å². The molecule has 2 aromatic rings. The lowest BCUT2D eigenvalue weighted by Gasteiger charge is -2.33. The minimum atomic E-state index is 0.494. The van der Waals surface area contributed by atoms with Crippen LogP contribution in [0, 0.1) is 0 Å². The Kier molecular flexibility index (Phi) is 4.85. The summed E-state index contributed by atoms with van der Waals surface area (Å²) in [5.74, 6) is 0. The van der Waals surface area contributed by atoms with Crippen LogP contribution in [-0.2, 0) is 0 Å². The van der Waals surface area contributed by atoms with Gasteiger partial charge in [0.15, 0.2) is 0 Å². The summed E-state index contributed by atoms with van der Waals surface area (Å²) < 4.78 is 0. The van der Waals surface area contributed by atoms with Crippen LogP contribution in [0.1, 0.15) is 38.8 Å². The van der Waals surface area contributed by atoms with Crippen molar-refractivity contribution in [3.8, 4) is 0 Å². The smallest absolute Gasteiger partial charge is 0.0371 e. The monoisotopic (exact) mass is 279 g/mol. The van der Waals surface area contributed by atoms with Gasteiger partial charge in [0.1, 0.15) is 0 Å². The molecule has 0 radical (unpaired) electrons. The molecule has 1 nitrogen and oxygen atoms in total. The Morgan fingerprint density at radius 3 is 1.71 bits per heavy atom. The van der Waals surface area contributed by atoms with Gasteiger partial charge in [-0.3, -0.25) is 0 Å². The van der Waals surface area contributed by atoms with E-state index in [4.69, 9.17) is 0 Å². The van der Waals surface area contributed by atoms with Gasteiger partial charge in [0.05, 0.1) is 0 Å². The average Bonchev–Trinajstić information content (AvgIpc) is 2.47. The molecule has 0 fully saturated rings. The van der Waals surface area contributed by atoms with Crippen molar-refractivity contribution in [2.45, 2.75) is 39.8 Å². The lowest BCUT2D eigenvalue weighted by atomic mass is 9.99. The van der Waals surface area contributed by atoms with Gasteiger partial charge < -0.3 is 4.90 Å². The van der Waals surface area contributed by atoms with Gasteiger partial charge in [-0.05, 0) is 56.5 Å². The highest BCUT2D eigenvalue weighted by Crippen LogP contribution is 2.26. The lowest BCUT2D eigenvalue weighted by Crippen LogP contribution is -2.36. The summed E-state index contributed by atoms with van der Waals surface area (Å²) in [6.45, 7) is 13.2. The number of anilines is 1. The maximum atomic E-state index is 4.23. The second-order valence-electron chi connectivity index (χ2n) is 5.99. The van der Waals surface area contributed by atoms with Crippen molar-refractivity contribution in [2.75, 3.05) is 4.90 Å². The van der Waals surface area contributed by atoms with E-state index in [0.717, 1.165) is 5.57 Å². The third-order valence-electron chi connectivity index (χ3n) is 3.75. The van der Waals surface area contributed by atoms with E-state index in [-0.39, 0.29) is 0 Å². The summed E-state index contributed by atoms with van der Waals surface area (Å²) in [7, 11) is 0. The Labute approximate surface area is 128 Å². The van der Waals surface area contributed by atoms with E-state index < -0.39 is 0 Å². The third kappa shape index (κ3) is 3.55. The number of benzene rings is 2. The molecule has 0 aromatic heterocycles. The van der Waals surface area contributed by atoms with Crippen LogP contribution < -0.4 is 4.90 Å². The maximum Gasteiger partial charge on any atom is 0.0371 e. The maximum absolute atomic E-state index is 4.23. The van der Waals surface area contributed by atoms with E-state index >= 15 is 0 Å². The topological polar surface area (TPSA) is 3.24 Å². The molecule has 0 unspecified atom stereocenters. The van der Waals surface area contributed by atoms with Crippen LogP contribution in [0.15, 0.2) is 61.2 Å². The Hall–Kier alpha value is -2.02. The normalized spacial score (nSPS) is 11.0. The minimum Gasteiger partial charge on any atom is -0.367 e. The highest BCUT2D eigenvalue weighted by molar-refractivity contribution is 5.78. The van der Waals surface area contributed by atoms with Crippen LogP contribution in [0.5, 0.6) is 0 Å². The van der Waals surface area contributed by atoms with Crippen molar-refractivity contribution in [1.82, 2.24) is 0 Å². The van der Waals surface area contributed by atoms with Gasteiger partial charge in [0.25, 0.3) is 0 Å². The summed E-state index contributed by atoms with van der Waals surface area (Å²) in [6, 6.07) is 20.1. The van der Waals surface area contributed by atoms with Gasteiger partial charge in [0.2, 0.25) is 0 Å². The summed E-state index contributed by atoms with van der Waals surface area (Å²) in [6.07, 6.45) is 0. The summed E-state index contributed by atoms with van der Waals surface area (Å²) in [5, 5.41) is 0. The number of rotatable bonds is 5. The molecule has 1 heteroatoms. The van der Waals surface area contributed by atoms with Crippen LogP contribution in [0.3, 0.4) is 0 Å². The molecule has 0 saturated carbocycles. The SMILES string of the molecule is C=C(c1ccccc1)c1ccc(N(C(C)C)C(C)C)cc1. The first-order valence-electron chi connectivity index (χ1n) is 7.64. The second-order valence-corrected chi connectivity index (χ2v) is 5.99. The molecule has 0 amide bonds. The predicted octanol–water partition coefficient (Wildman–Crippen LogP) is 5.37. The zero-order valence-corrected chi connectivity index (χ0v) is 13.5. The van der Waals surface area contributed by atoms with E-state index in [9.17, 15) is 0 Å². The van der Waals surface area contributed by atoms with Crippen molar-refractivity contribution in [1.29, 1.82) is 0 Å². The molecule has 2 aromatic carbocycles.